The van der Waals surface area contributed by atoms with Gasteiger partial charge in [-0.15, -0.1) is 0 Å². The van der Waals surface area contributed by atoms with E-state index in [-0.39, 0.29) is 5.91 Å². The maximum absolute atomic E-state index is 11.7. The summed E-state index contributed by atoms with van der Waals surface area (Å²) in [6.45, 7) is 5.55. The summed E-state index contributed by atoms with van der Waals surface area (Å²) < 4.78 is 0. The van der Waals surface area contributed by atoms with Crippen LogP contribution in [0.1, 0.15) is 13.8 Å². The largest absolute Gasteiger partial charge is 0.392 e. The number of likely N-dealkylation sites (N-methyl/N-ethyl adjacent to an activating group) is 1. The minimum Gasteiger partial charge on any atom is -0.392 e. The highest BCUT2D eigenvalue weighted by molar-refractivity contribution is 5.93. The van der Waals surface area contributed by atoms with E-state index in [2.05, 4.69) is 5.32 Å². The summed E-state index contributed by atoms with van der Waals surface area (Å²) in [6.07, 6.45) is -0.471. The lowest BCUT2D eigenvalue weighted by Crippen LogP contribution is -2.39. The van der Waals surface area contributed by atoms with Gasteiger partial charge in [-0.05, 0) is 19.4 Å². The Bertz CT molecular complexity index is 253. The molecule has 80 valence electrons. The fraction of sp³-hybridized carbons (Fsp3) is 0.700. The van der Waals surface area contributed by atoms with Crippen LogP contribution in [-0.4, -0.2) is 48.7 Å². The number of nitrogens with one attached hydrogen (secondary N) is 1. The summed E-state index contributed by atoms with van der Waals surface area (Å²) in [6, 6.07) is 0. The molecule has 4 nitrogen and oxygen atoms in total. The molecule has 0 aromatic heterocycles. The highest BCUT2D eigenvalue weighted by atomic mass is 16.3. The van der Waals surface area contributed by atoms with Gasteiger partial charge in [-0.3, -0.25) is 4.79 Å². The Labute approximate surface area is 84.6 Å². The first-order valence-electron chi connectivity index (χ1n) is 4.85. The summed E-state index contributed by atoms with van der Waals surface area (Å²) >= 11 is 0. The zero-order chi connectivity index (χ0) is 10.7. The molecule has 0 spiro atoms. The van der Waals surface area contributed by atoms with E-state index in [9.17, 15) is 4.79 Å². The number of carbonyl (C=O) groups excluding carboxylic acids is 1. The van der Waals surface area contributed by atoms with E-state index in [1.807, 2.05) is 6.92 Å². The standard InChI is InChI=1S/C10H18N2O2/c1-7(13)6-12(3)10(14)8(2)9-4-11-5-9/h7,11,13H,4-6H2,1-3H3. The predicted molar refractivity (Wildman–Crippen MR) is 54.9 cm³/mol. The van der Waals surface area contributed by atoms with Crippen molar-refractivity contribution in [1.82, 2.24) is 10.2 Å². The number of rotatable bonds is 3. The van der Waals surface area contributed by atoms with Crippen LogP contribution in [0.4, 0.5) is 0 Å². The Morgan fingerprint density at radius 1 is 1.64 bits per heavy atom. The van der Waals surface area contributed by atoms with Crippen LogP contribution in [0, 0.1) is 0 Å². The van der Waals surface area contributed by atoms with Crippen molar-refractivity contribution in [2.24, 2.45) is 0 Å². The third kappa shape index (κ3) is 2.56. The van der Waals surface area contributed by atoms with Crippen molar-refractivity contribution in [3.05, 3.63) is 11.1 Å². The SMILES string of the molecule is CC(C(=O)N(C)CC(C)O)=C1CNC1. The number of amides is 1. The molecule has 1 fully saturated rings. The first kappa shape index (κ1) is 11.2. The lowest BCUT2D eigenvalue weighted by atomic mass is 10.0. The van der Waals surface area contributed by atoms with Gasteiger partial charge >= 0.3 is 0 Å². The Balaban J connectivity index is 2.55. The number of hydrogen-bond acceptors (Lipinski definition) is 3. The maximum Gasteiger partial charge on any atom is 0.249 e. The van der Waals surface area contributed by atoms with Crippen LogP contribution >= 0.6 is 0 Å². The summed E-state index contributed by atoms with van der Waals surface area (Å²) in [5.74, 6) is 0.0161. The van der Waals surface area contributed by atoms with Crippen LogP contribution < -0.4 is 5.32 Å². The second-order valence-corrected chi connectivity index (χ2v) is 3.87. The predicted octanol–water partition coefficient (Wildman–Crippen LogP) is -0.255. The van der Waals surface area contributed by atoms with Crippen molar-refractivity contribution in [3.8, 4) is 0 Å². The molecule has 1 unspecified atom stereocenters. The van der Waals surface area contributed by atoms with Crippen LogP contribution in [0.25, 0.3) is 0 Å². The molecule has 2 N–H and O–H groups in total. The summed E-state index contributed by atoms with van der Waals surface area (Å²) in [5.41, 5.74) is 1.99. The van der Waals surface area contributed by atoms with Crippen LogP contribution in [0.3, 0.4) is 0 Å². The van der Waals surface area contributed by atoms with E-state index in [1.165, 1.54) is 5.57 Å². The van der Waals surface area contributed by atoms with Gasteiger partial charge in [0.2, 0.25) is 5.91 Å². The topological polar surface area (TPSA) is 52.6 Å². The van der Waals surface area contributed by atoms with Gasteiger partial charge in [0.15, 0.2) is 0 Å². The third-order valence-electron chi connectivity index (χ3n) is 2.41. The van der Waals surface area contributed by atoms with E-state index in [1.54, 1.807) is 18.9 Å². The smallest absolute Gasteiger partial charge is 0.249 e. The second-order valence-electron chi connectivity index (χ2n) is 3.87. The quantitative estimate of drug-likeness (QED) is 0.615. The van der Waals surface area contributed by atoms with E-state index < -0.39 is 6.10 Å². The highest BCUT2D eigenvalue weighted by Crippen LogP contribution is 2.11. The molecular formula is C10H18N2O2. The van der Waals surface area contributed by atoms with E-state index >= 15 is 0 Å². The highest BCUT2D eigenvalue weighted by Gasteiger charge is 2.19. The van der Waals surface area contributed by atoms with Gasteiger partial charge in [0.25, 0.3) is 0 Å². The average Bonchev–Trinajstić information content (AvgIpc) is 1.98. The van der Waals surface area contributed by atoms with Gasteiger partial charge < -0.3 is 15.3 Å². The maximum atomic E-state index is 11.7. The fourth-order valence-corrected chi connectivity index (χ4v) is 1.43. The minimum atomic E-state index is -0.471. The van der Waals surface area contributed by atoms with Gasteiger partial charge in [-0.25, -0.2) is 0 Å². The van der Waals surface area contributed by atoms with Crippen molar-refractivity contribution in [1.29, 1.82) is 0 Å². The van der Waals surface area contributed by atoms with Crippen molar-refractivity contribution >= 4 is 5.91 Å². The van der Waals surface area contributed by atoms with Gasteiger partial charge in [-0.2, -0.15) is 0 Å². The molecule has 1 aliphatic heterocycles. The number of carbonyl (C=O) groups is 1. The minimum absolute atomic E-state index is 0.0161. The van der Waals surface area contributed by atoms with Gasteiger partial charge in [0.05, 0.1) is 6.10 Å². The number of hydrogen-bond donors (Lipinski definition) is 2. The number of aliphatic hydroxyl groups excluding tert-OH is 1. The molecule has 14 heavy (non-hydrogen) atoms. The van der Waals surface area contributed by atoms with E-state index in [0.717, 1.165) is 18.7 Å². The molecule has 0 radical (unpaired) electrons. The van der Waals surface area contributed by atoms with Gasteiger partial charge in [-0.1, -0.05) is 0 Å². The summed E-state index contributed by atoms with van der Waals surface area (Å²) in [5, 5.41) is 12.2. The number of nitrogens with zero attached hydrogens (tertiary/aromatic N) is 1. The summed E-state index contributed by atoms with van der Waals surface area (Å²) in [4.78, 5) is 13.3. The van der Waals surface area contributed by atoms with Crippen molar-refractivity contribution in [2.45, 2.75) is 20.0 Å². The van der Waals surface area contributed by atoms with Crippen molar-refractivity contribution in [3.63, 3.8) is 0 Å². The molecule has 1 aliphatic rings. The Kier molecular flexibility index (Phi) is 3.66. The van der Waals surface area contributed by atoms with Gasteiger partial charge in [0.1, 0.15) is 0 Å². The molecule has 1 saturated heterocycles. The van der Waals surface area contributed by atoms with Crippen LogP contribution in [0.2, 0.25) is 0 Å². The molecule has 0 saturated carbocycles. The van der Waals surface area contributed by atoms with Crippen LogP contribution in [-0.2, 0) is 4.79 Å². The first-order chi connectivity index (χ1) is 6.52. The zero-order valence-corrected chi connectivity index (χ0v) is 9.00. The zero-order valence-electron chi connectivity index (χ0n) is 9.00. The van der Waals surface area contributed by atoms with Crippen LogP contribution in [0.5, 0.6) is 0 Å². The molecule has 0 aliphatic carbocycles. The molecule has 0 bridgehead atoms. The molecule has 1 heterocycles. The van der Waals surface area contributed by atoms with Crippen LogP contribution in [0.15, 0.2) is 11.1 Å². The van der Waals surface area contributed by atoms with E-state index in [0.29, 0.717) is 6.54 Å². The Hall–Kier alpha value is -0.870. The lowest BCUT2D eigenvalue weighted by Gasteiger charge is -2.25. The molecular weight excluding hydrogens is 180 g/mol. The fourth-order valence-electron chi connectivity index (χ4n) is 1.43. The molecule has 1 rings (SSSR count). The van der Waals surface area contributed by atoms with E-state index in [4.69, 9.17) is 5.11 Å². The monoisotopic (exact) mass is 198 g/mol. The molecule has 0 aromatic carbocycles. The normalized spacial score (nSPS) is 17.3. The molecule has 1 atom stereocenters. The second kappa shape index (κ2) is 4.57. The first-order valence-corrected chi connectivity index (χ1v) is 4.85. The lowest BCUT2D eigenvalue weighted by molar-refractivity contribution is -0.127. The Morgan fingerprint density at radius 3 is 2.57 bits per heavy atom. The third-order valence-corrected chi connectivity index (χ3v) is 2.41. The molecule has 0 aromatic rings. The summed E-state index contributed by atoms with van der Waals surface area (Å²) in [7, 11) is 1.71. The van der Waals surface area contributed by atoms with Gasteiger partial charge in [0, 0.05) is 32.3 Å². The Morgan fingerprint density at radius 2 is 2.21 bits per heavy atom. The molecule has 4 heteroatoms. The number of aliphatic hydroxyl groups is 1. The van der Waals surface area contributed by atoms with Crippen molar-refractivity contribution < 1.29 is 9.90 Å². The van der Waals surface area contributed by atoms with Crippen molar-refractivity contribution in [2.75, 3.05) is 26.7 Å². The molecule has 1 amide bonds. The average molecular weight is 198 g/mol.